The molecule has 0 aliphatic heterocycles. The molecule has 1 N–H and O–H groups in total. The van der Waals surface area contributed by atoms with E-state index in [1.807, 2.05) is 6.92 Å². The van der Waals surface area contributed by atoms with Gasteiger partial charge in [-0.15, -0.1) is 0 Å². The zero-order valence-electron chi connectivity index (χ0n) is 13.3. The molecule has 1 aromatic heterocycles. The number of aromatic nitrogens is 2. The molecule has 0 spiro atoms. The van der Waals surface area contributed by atoms with Crippen LogP contribution >= 0.6 is 15.9 Å². The van der Waals surface area contributed by atoms with Gasteiger partial charge in [0.25, 0.3) is 5.56 Å². The van der Waals surface area contributed by atoms with Gasteiger partial charge in [-0.2, -0.15) is 0 Å². The molecule has 2 rings (SSSR count). The highest BCUT2D eigenvalue weighted by Crippen LogP contribution is 2.29. The molecule has 0 saturated carbocycles. The van der Waals surface area contributed by atoms with E-state index in [0.717, 1.165) is 0 Å². The predicted octanol–water partition coefficient (Wildman–Crippen LogP) is 2.44. The minimum Gasteiger partial charge on any atom is -0.346 e. The molecule has 0 atom stereocenters. The molecule has 0 radical (unpaired) electrons. The third-order valence-corrected chi connectivity index (χ3v) is 6.57. The first kappa shape index (κ1) is 17.7. The first-order valence-electron chi connectivity index (χ1n) is 7.02. The predicted molar refractivity (Wildman–Crippen MR) is 92.9 cm³/mol. The largest absolute Gasteiger partial charge is 0.346 e. The second-order valence-electron chi connectivity index (χ2n) is 5.25. The van der Waals surface area contributed by atoms with Crippen molar-refractivity contribution < 1.29 is 8.42 Å². The number of aryl methyl sites for hydroxylation is 2. The van der Waals surface area contributed by atoms with Gasteiger partial charge in [0.1, 0.15) is 4.47 Å². The Labute approximate surface area is 143 Å². The van der Waals surface area contributed by atoms with Gasteiger partial charge in [-0.1, -0.05) is 18.2 Å². The fourth-order valence-corrected chi connectivity index (χ4v) is 4.79. The minimum atomic E-state index is -3.92. The van der Waals surface area contributed by atoms with Crippen LogP contribution in [-0.4, -0.2) is 32.0 Å². The second-order valence-corrected chi connectivity index (χ2v) is 7.84. The van der Waals surface area contributed by atoms with Crippen molar-refractivity contribution in [3.05, 3.63) is 44.2 Å². The number of H-pyrrole nitrogens is 1. The van der Waals surface area contributed by atoms with E-state index in [0.29, 0.717) is 17.7 Å². The smallest absolute Gasteiger partial charge is 0.267 e. The Bertz CT molecular complexity index is 886. The Hall–Kier alpha value is -1.67. The van der Waals surface area contributed by atoms with E-state index < -0.39 is 15.4 Å². The fourth-order valence-electron chi connectivity index (χ4n) is 2.26. The van der Waals surface area contributed by atoms with Crippen LogP contribution in [0.25, 0.3) is 0 Å². The van der Waals surface area contributed by atoms with Crippen LogP contribution in [-0.2, 0) is 9.84 Å². The lowest BCUT2D eigenvalue weighted by Gasteiger charge is -2.17. The number of sulfone groups is 1. The lowest BCUT2D eigenvalue weighted by molar-refractivity contribution is 0.589. The van der Waals surface area contributed by atoms with Crippen LogP contribution in [0.1, 0.15) is 18.1 Å². The molecular formula is C15H18BrN3O3S. The molecule has 0 bridgehead atoms. The Morgan fingerprint density at radius 1 is 1.26 bits per heavy atom. The molecule has 1 aromatic carbocycles. The Kier molecular flexibility index (Phi) is 4.95. The van der Waals surface area contributed by atoms with Crippen molar-refractivity contribution in [3.8, 4) is 0 Å². The molecule has 0 amide bonds. The van der Waals surface area contributed by atoms with Crippen LogP contribution in [0.5, 0.6) is 0 Å². The van der Waals surface area contributed by atoms with Crippen molar-refractivity contribution in [1.82, 2.24) is 9.97 Å². The van der Waals surface area contributed by atoms with E-state index in [-0.39, 0.29) is 20.3 Å². The first-order chi connectivity index (χ1) is 10.7. The van der Waals surface area contributed by atoms with Gasteiger partial charge in [0.2, 0.25) is 15.8 Å². The standard InChI is InChI=1S/C15H18BrN3O3S/c1-5-19(4)15-17-13(20)11(16)14(18-15)23(21,22)12-9(2)7-6-8-10(12)3/h6-8H,5H2,1-4H3,(H,17,18,20). The summed E-state index contributed by atoms with van der Waals surface area (Å²) in [4.78, 5) is 20.7. The number of aromatic amines is 1. The summed E-state index contributed by atoms with van der Waals surface area (Å²) in [6.07, 6.45) is 0. The minimum absolute atomic E-state index is 0.0894. The maximum atomic E-state index is 13.0. The van der Waals surface area contributed by atoms with Crippen LogP contribution < -0.4 is 10.5 Å². The van der Waals surface area contributed by atoms with Gasteiger partial charge in [0.15, 0.2) is 5.03 Å². The van der Waals surface area contributed by atoms with Crippen molar-refractivity contribution in [1.29, 1.82) is 0 Å². The van der Waals surface area contributed by atoms with Gasteiger partial charge in [-0.05, 0) is 47.8 Å². The Morgan fingerprint density at radius 3 is 2.35 bits per heavy atom. The van der Waals surface area contributed by atoms with Gasteiger partial charge >= 0.3 is 0 Å². The summed E-state index contributed by atoms with van der Waals surface area (Å²) >= 11 is 3.06. The maximum absolute atomic E-state index is 13.0. The van der Waals surface area contributed by atoms with E-state index in [2.05, 4.69) is 25.9 Å². The quantitative estimate of drug-likeness (QED) is 0.798. The van der Waals surface area contributed by atoms with Crippen molar-refractivity contribution in [3.63, 3.8) is 0 Å². The van der Waals surface area contributed by atoms with Gasteiger partial charge in [-0.25, -0.2) is 13.4 Å². The molecular weight excluding hydrogens is 382 g/mol. The molecule has 23 heavy (non-hydrogen) atoms. The summed E-state index contributed by atoms with van der Waals surface area (Å²) in [5.41, 5.74) is 0.703. The molecule has 0 aliphatic rings. The van der Waals surface area contributed by atoms with Crippen LogP contribution in [0.15, 0.2) is 37.4 Å². The lowest BCUT2D eigenvalue weighted by Crippen LogP contribution is -2.25. The molecule has 0 saturated heterocycles. The monoisotopic (exact) mass is 399 g/mol. The van der Waals surface area contributed by atoms with Crippen molar-refractivity contribution >= 4 is 31.7 Å². The van der Waals surface area contributed by atoms with Gasteiger partial charge < -0.3 is 4.90 Å². The highest BCUT2D eigenvalue weighted by molar-refractivity contribution is 9.10. The van der Waals surface area contributed by atoms with E-state index in [4.69, 9.17) is 0 Å². The summed E-state index contributed by atoms with van der Waals surface area (Å²) in [7, 11) is -2.20. The molecule has 2 aromatic rings. The third kappa shape index (κ3) is 3.18. The molecule has 0 fully saturated rings. The van der Waals surface area contributed by atoms with Crippen molar-refractivity contribution in [2.24, 2.45) is 0 Å². The molecule has 124 valence electrons. The zero-order chi connectivity index (χ0) is 17.4. The van der Waals surface area contributed by atoms with Crippen LogP contribution in [0, 0.1) is 13.8 Å². The van der Waals surface area contributed by atoms with Crippen molar-refractivity contribution in [2.45, 2.75) is 30.7 Å². The van der Waals surface area contributed by atoms with Crippen LogP contribution in [0.3, 0.4) is 0 Å². The van der Waals surface area contributed by atoms with Gasteiger partial charge in [-0.3, -0.25) is 9.78 Å². The van der Waals surface area contributed by atoms with E-state index in [9.17, 15) is 13.2 Å². The van der Waals surface area contributed by atoms with Crippen LogP contribution in [0.2, 0.25) is 0 Å². The highest BCUT2D eigenvalue weighted by atomic mass is 79.9. The van der Waals surface area contributed by atoms with Crippen molar-refractivity contribution in [2.75, 3.05) is 18.5 Å². The SMILES string of the molecule is CCN(C)c1nc(S(=O)(=O)c2c(C)cccc2C)c(Br)c(=O)[nH]1. The number of nitrogens with one attached hydrogen (secondary N) is 1. The summed E-state index contributed by atoms with van der Waals surface area (Å²) in [5.74, 6) is 0.213. The highest BCUT2D eigenvalue weighted by Gasteiger charge is 2.28. The molecule has 1 heterocycles. The van der Waals surface area contributed by atoms with Crippen LogP contribution in [0.4, 0.5) is 5.95 Å². The number of halogens is 1. The maximum Gasteiger partial charge on any atom is 0.267 e. The second kappa shape index (κ2) is 6.45. The first-order valence-corrected chi connectivity index (χ1v) is 9.30. The number of hydrogen-bond donors (Lipinski definition) is 1. The number of rotatable bonds is 4. The summed E-state index contributed by atoms with van der Waals surface area (Å²) in [5, 5.41) is -0.269. The average molecular weight is 400 g/mol. The molecule has 6 nitrogen and oxygen atoms in total. The number of nitrogens with zero attached hydrogens (tertiary/aromatic N) is 2. The Balaban J connectivity index is 2.79. The molecule has 0 aliphatic carbocycles. The van der Waals surface area contributed by atoms with Gasteiger partial charge in [0, 0.05) is 13.6 Å². The number of hydrogen-bond acceptors (Lipinski definition) is 5. The fraction of sp³-hybridized carbons (Fsp3) is 0.333. The Morgan fingerprint density at radius 2 is 1.83 bits per heavy atom. The average Bonchev–Trinajstić information content (AvgIpc) is 2.48. The van der Waals surface area contributed by atoms with Gasteiger partial charge in [0.05, 0.1) is 4.90 Å². The summed E-state index contributed by atoms with van der Waals surface area (Å²) < 4.78 is 26.0. The summed E-state index contributed by atoms with van der Waals surface area (Å²) in [6.45, 7) is 5.90. The topological polar surface area (TPSA) is 83.1 Å². The molecule has 8 heteroatoms. The van der Waals surface area contributed by atoms with E-state index in [1.54, 1.807) is 44.0 Å². The zero-order valence-corrected chi connectivity index (χ0v) is 15.7. The normalized spacial score (nSPS) is 11.5. The summed E-state index contributed by atoms with van der Waals surface area (Å²) in [6, 6.07) is 5.24. The molecule has 0 unspecified atom stereocenters. The third-order valence-electron chi connectivity index (χ3n) is 3.59. The number of anilines is 1. The lowest BCUT2D eigenvalue weighted by atomic mass is 10.2. The van der Waals surface area contributed by atoms with E-state index >= 15 is 0 Å². The van der Waals surface area contributed by atoms with E-state index in [1.165, 1.54) is 0 Å². The number of benzene rings is 1.